The van der Waals surface area contributed by atoms with Gasteiger partial charge in [0.1, 0.15) is 5.82 Å². The van der Waals surface area contributed by atoms with E-state index in [0.29, 0.717) is 22.8 Å². The minimum absolute atomic E-state index is 0.109. The molecule has 1 saturated heterocycles. The topological polar surface area (TPSA) is 79.7 Å². The lowest BCUT2D eigenvalue weighted by Crippen LogP contribution is -2.44. The Hall–Kier alpha value is -3.19. The molecule has 0 aliphatic carbocycles. The SMILES string of the molecule is Cc1cccc2[nH]c(C3(C)CCCN3C(=O)c3cc(Cl)ccc3-n3nccn3)nc12. The van der Waals surface area contributed by atoms with Crippen LogP contribution in [0, 0.1) is 6.92 Å². The van der Waals surface area contributed by atoms with E-state index in [9.17, 15) is 4.79 Å². The number of halogens is 1. The van der Waals surface area contributed by atoms with Crippen LogP contribution in [-0.4, -0.2) is 42.3 Å². The van der Waals surface area contributed by atoms with Crippen LogP contribution < -0.4 is 0 Å². The highest BCUT2D eigenvalue weighted by atomic mass is 35.5. The Morgan fingerprint density at radius 3 is 2.77 bits per heavy atom. The Labute approximate surface area is 178 Å². The number of carbonyl (C=O) groups excluding carboxylic acids is 1. The van der Waals surface area contributed by atoms with E-state index in [1.807, 2.05) is 30.0 Å². The molecule has 0 spiro atoms. The predicted molar refractivity (Wildman–Crippen MR) is 115 cm³/mol. The molecule has 1 aliphatic heterocycles. The standard InChI is InChI=1S/C22H21ClN6O/c1-14-5-3-6-17-19(14)27-21(26-17)22(2)9-4-12-28(22)20(30)16-13-15(23)7-8-18(16)29-24-10-11-25-29/h3,5-8,10-11,13H,4,9,12H2,1-2H3,(H,26,27). The molecule has 8 heteroatoms. The van der Waals surface area contributed by atoms with Crippen molar-refractivity contribution < 1.29 is 4.79 Å². The Morgan fingerprint density at radius 1 is 1.20 bits per heavy atom. The number of para-hydroxylation sites is 1. The molecule has 4 aromatic rings. The lowest BCUT2D eigenvalue weighted by molar-refractivity contribution is 0.0605. The van der Waals surface area contributed by atoms with E-state index < -0.39 is 5.54 Å². The van der Waals surface area contributed by atoms with Crippen molar-refractivity contribution in [2.45, 2.75) is 32.2 Å². The quantitative estimate of drug-likeness (QED) is 0.537. The molecule has 0 saturated carbocycles. The Kier molecular flexibility index (Phi) is 4.36. The van der Waals surface area contributed by atoms with Crippen LogP contribution in [0.4, 0.5) is 0 Å². The molecular weight excluding hydrogens is 400 g/mol. The van der Waals surface area contributed by atoms with Gasteiger partial charge in [-0.05, 0) is 56.5 Å². The Morgan fingerprint density at radius 2 is 2.00 bits per heavy atom. The molecule has 5 rings (SSSR count). The van der Waals surface area contributed by atoms with E-state index >= 15 is 0 Å². The number of imidazole rings is 1. The molecule has 2 aromatic heterocycles. The summed E-state index contributed by atoms with van der Waals surface area (Å²) in [6.45, 7) is 4.76. The maximum Gasteiger partial charge on any atom is 0.256 e. The van der Waals surface area contributed by atoms with E-state index in [0.717, 1.165) is 35.3 Å². The summed E-state index contributed by atoms with van der Waals surface area (Å²) in [7, 11) is 0. The molecule has 3 heterocycles. The van der Waals surface area contributed by atoms with Crippen molar-refractivity contribution in [3.63, 3.8) is 0 Å². The third-order valence-electron chi connectivity index (χ3n) is 5.93. The van der Waals surface area contributed by atoms with Gasteiger partial charge in [0.2, 0.25) is 0 Å². The molecule has 1 unspecified atom stereocenters. The molecule has 0 bridgehead atoms. The lowest BCUT2D eigenvalue weighted by atomic mass is 9.97. The average Bonchev–Trinajstić information content (AvgIpc) is 3.47. The summed E-state index contributed by atoms with van der Waals surface area (Å²) in [5, 5.41) is 8.88. The molecule has 2 aromatic carbocycles. The summed E-state index contributed by atoms with van der Waals surface area (Å²) in [6, 6.07) is 11.3. The van der Waals surface area contributed by atoms with Gasteiger partial charge >= 0.3 is 0 Å². The summed E-state index contributed by atoms with van der Waals surface area (Å²) >= 11 is 6.25. The van der Waals surface area contributed by atoms with Crippen molar-refractivity contribution in [1.82, 2.24) is 29.9 Å². The number of carbonyl (C=O) groups is 1. The molecular formula is C22H21ClN6O. The summed E-state index contributed by atoms with van der Waals surface area (Å²) in [5.74, 6) is 0.695. The van der Waals surface area contributed by atoms with Gasteiger partial charge in [-0.3, -0.25) is 4.79 Å². The number of likely N-dealkylation sites (tertiary alicyclic amines) is 1. The van der Waals surface area contributed by atoms with E-state index in [4.69, 9.17) is 16.6 Å². The maximum absolute atomic E-state index is 13.7. The minimum atomic E-state index is -0.542. The number of benzene rings is 2. The van der Waals surface area contributed by atoms with Gasteiger partial charge in [0, 0.05) is 11.6 Å². The number of H-pyrrole nitrogens is 1. The average molecular weight is 421 g/mol. The number of nitrogens with zero attached hydrogens (tertiary/aromatic N) is 5. The number of nitrogens with one attached hydrogen (secondary N) is 1. The molecule has 30 heavy (non-hydrogen) atoms. The second kappa shape index (κ2) is 6.95. The van der Waals surface area contributed by atoms with Crippen LogP contribution >= 0.6 is 11.6 Å². The van der Waals surface area contributed by atoms with Gasteiger partial charge in [0.05, 0.1) is 40.2 Å². The highest BCUT2D eigenvalue weighted by Crippen LogP contribution is 2.39. The number of aromatic nitrogens is 5. The second-order valence-corrected chi connectivity index (χ2v) is 8.31. The van der Waals surface area contributed by atoms with Crippen molar-refractivity contribution in [3.8, 4) is 5.69 Å². The van der Waals surface area contributed by atoms with Crippen LogP contribution in [0.2, 0.25) is 5.02 Å². The van der Waals surface area contributed by atoms with Crippen LogP contribution in [0.1, 0.15) is 41.5 Å². The molecule has 7 nitrogen and oxygen atoms in total. The van der Waals surface area contributed by atoms with Gasteiger partial charge in [-0.1, -0.05) is 23.7 Å². The van der Waals surface area contributed by atoms with Gasteiger partial charge in [0.15, 0.2) is 0 Å². The zero-order valence-corrected chi connectivity index (χ0v) is 17.5. The summed E-state index contributed by atoms with van der Waals surface area (Å²) in [6.07, 6.45) is 4.89. The number of amides is 1. The highest BCUT2D eigenvalue weighted by molar-refractivity contribution is 6.31. The maximum atomic E-state index is 13.7. The molecule has 1 amide bonds. The van der Waals surface area contributed by atoms with Gasteiger partial charge in [0.25, 0.3) is 5.91 Å². The van der Waals surface area contributed by atoms with Crippen molar-refractivity contribution in [3.05, 3.63) is 70.8 Å². The van der Waals surface area contributed by atoms with E-state index in [1.165, 1.54) is 4.80 Å². The molecule has 1 N–H and O–H groups in total. The lowest BCUT2D eigenvalue weighted by Gasteiger charge is -2.34. The van der Waals surface area contributed by atoms with E-state index in [1.54, 1.807) is 30.6 Å². The van der Waals surface area contributed by atoms with Crippen LogP contribution in [0.15, 0.2) is 48.8 Å². The summed E-state index contributed by atoms with van der Waals surface area (Å²) < 4.78 is 0. The van der Waals surface area contributed by atoms with Gasteiger partial charge < -0.3 is 9.88 Å². The normalized spacial score (nSPS) is 19.0. The fraction of sp³-hybridized carbons (Fsp3) is 0.273. The van der Waals surface area contributed by atoms with Crippen LogP contribution in [-0.2, 0) is 5.54 Å². The van der Waals surface area contributed by atoms with Crippen LogP contribution in [0.25, 0.3) is 16.7 Å². The number of aryl methyl sites for hydroxylation is 1. The highest BCUT2D eigenvalue weighted by Gasteiger charge is 2.44. The van der Waals surface area contributed by atoms with Gasteiger partial charge in [-0.2, -0.15) is 15.0 Å². The minimum Gasteiger partial charge on any atom is -0.340 e. The zero-order valence-electron chi connectivity index (χ0n) is 16.8. The van der Waals surface area contributed by atoms with Crippen molar-refractivity contribution in [2.75, 3.05) is 6.54 Å². The summed E-state index contributed by atoms with van der Waals surface area (Å²) in [4.78, 5) is 25.4. The fourth-order valence-corrected chi connectivity index (χ4v) is 4.48. The number of aromatic amines is 1. The fourth-order valence-electron chi connectivity index (χ4n) is 4.31. The molecule has 1 atom stereocenters. The number of hydrogen-bond donors (Lipinski definition) is 1. The Balaban J connectivity index is 1.59. The smallest absolute Gasteiger partial charge is 0.256 e. The van der Waals surface area contributed by atoms with Crippen molar-refractivity contribution >= 4 is 28.5 Å². The number of rotatable bonds is 3. The first-order valence-corrected chi connectivity index (χ1v) is 10.3. The third-order valence-corrected chi connectivity index (χ3v) is 6.17. The predicted octanol–water partition coefficient (Wildman–Crippen LogP) is 4.26. The first-order chi connectivity index (χ1) is 14.5. The first-order valence-electron chi connectivity index (χ1n) is 9.91. The molecule has 152 valence electrons. The third kappa shape index (κ3) is 2.89. The number of fused-ring (bicyclic) bond motifs is 1. The van der Waals surface area contributed by atoms with Gasteiger partial charge in [-0.15, -0.1) is 0 Å². The Bertz CT molecular complexity index is 1250. The molecule has 0 radical (unpaired) electrons. The summed E-state index contributed by atoms with van der Waals surface area (Å²) in [5.41, 5.74) is 3.56. The van der Waals surface area contributed by atoms with Crippen LogP contribution in [0.3, 0.4) is 0 Å². The van der Waals surface area contributed by atoms with E-state index in [2.05, 4.69) is 22.1 Å². The number of hydrogen-bond acceptors (Lipinski definition) is 4. The van der Waals surface area contributed by atoms with Crippen LogP contribution in [0.5, 0.6) is 0 Å². The van der Waals surface area contributed by atoms with Crippen molar-refractivity contribution in [1.29, 1.82) is 0 Å². The van der Waals surface area contributed by atoms with Crippen molar-refractivity contribution in [2.24, 2.45) is 0 Å². The largest absolute Gasteiger partial charge is 0.340 e. The monoisotopic (exact) mass is 420 g/mol. The van der Waals surface area contributed by atoms with E-state index in [-0.39, 0.29) is 5.91 Å². The zero-order chi connectivity index (χ0) is 20.9. The first kappa shape index (κ1) is 18.8. The molecule has 1 aliphatic rings. The second-order valence-electron chi connectivity index (χ2n) is 7.87. The molecule has 1 fully saturated rings. The van der Waals surface area contributed by atoms with Gasteiger partial charge in [-0.25, -0.2) is 4.98 Å².